The number of aliphatic imine (C=N–C) groups is 1. The number of fused-ring (bicyclic) bond motifs is 3. The number of aromatic nitrogens is 3. The van der Waals surface area contributed by atoms with Gasteiger partial charge in [0.05, 0.1) is 12.1 Å². The molecule has 1 fully saturated rings. The molecule has 2 aliphatic heterocycles. The number of hydrogen-bond donors (Lipinski definition) is 0. The highest BCUT2D eigenvalue weighted by atomic mass is 35.5. The van der Waals surface area contributed by atoms with Crippen LogP contribution in [0.4, 0.5) is 0 Å². The average Bonchev–Trinajstić information content (AvgIpc) is 3.31. The van der Waals surface area contributed by atoms with Crippen LogP contribution in [0.5, 0.6) is 0 Å². The number of benzene rings is 1. The highest BCUT2D eigenvalue weighted by molar-refractivity contribution is 7.15. The average molecular weight is 525 g/mol. The third kappa shape index (κ3) is 4.51. The van der Waals surface area contributed by atoms with E-state index in [2.05, 4.69) is 54.3 Å². The Hall–Kier alpha value is -2.55. The van der Waals surface area contributed by atoms with Gasteiger partial charge in [0.1, 0.15) is 16.9 Å². The largest absolute Gasteiger partial charge is 0.340 e. The molecule has 1 aromatic carbocycles. The lowest BCUT2D eigenvalue weighted by Gasteiger charge is -2.42. The van der Waals surface area contributed by atoms with E-state index in [9.17, 15) is 4.79 Å². The highest BCUT2D eigenvalue weighted by Crippen LogP contribution is 2.39. The summed E-state index contributed by atoms with van der Waals surface area (Å²) in [6.07, 6.45) is 0.262. The van der Waals surface area contributed by atoms with Crippen LogP contribution < -0.4 is 0 Å². The number of rotatable bonds is 3. The second kappa shape index (κ2) is 9.39. The minimum Gasteiger partial charge on any atom is -0.340 e. The van der Waals surface area contributed by atoms with Crippen molar-refractivity contribution in [3.63, 3.8) is 0 Å². The minimum atomic E-state index is -0.427. The molecule has 0 N–H and O–H groups in total. The minimum absolute atomic E-state index is 0.107. The maximum absolute atomic E-state index is 13.5. The molecule has 0 spiro atoms. The van der Waals surface area contributed by atoms with Crippen LogP contribution in [0, 0.1) is 20.8 Å². The number of halogens is 1. The van der Waals surface area contributed by atoms with E-state index < -0.39 is 6.04 Å². The van der Waals surface area contributed by atoms with Crippen molar-refractivity contribution in [1.82, 2.24) is 24.6 Å². The van der Waals surface area contributed by atoms with Gasteiger partial charge in [0.2, 0.25) is 5.91 Å². The quantitative estimate of drug-likeness (QED) is 0.476. The van der Waals surface area contributed by atoms with Crippen molar-refractivity contribution in [3.8, 4) is 5.00 Å². The molecule has 190 valence electrons. The van der Waals surface area contributed by atoms with E-state index >= 15 is 0 Å². The molecule has 5 rings (SSSR count). The van der Waals surface area contributed by atoms with Crippen molar-refractivity contribution >= 4 is 34.6 Å². The van der Waals surface area contributed by atoms with Crippen LogP contribution in [0.3, 0.4) is 0 Å². The molecule has 4 heterocycles. The summed E-state index contributed by atoms with van der Waals surface area (Å²) in [5.41, 5.74) is 4.24. The predicted octanol–water partition coefficient (Wildman–Crippen LogP) is 5.13. The maximum atomic E-state index is 13.5. The first kappa shape index (κ1) is 25.1. The normalized spacial score (nSPS) is 18.5. The number of piperazine rings is 1. The lowest BCUT2D eigenvalue weighted by Crippen LogP contribution is -2.54. The fraction of sp³-hybridized carbons (Fsp3) is 0.481. The maximum Gasteiger partial charge on any atom is 0.225 e. The molecule has 1 saturated heterocycles. The van der Waals surface area contributed by atoms with E-state index in [4.69, 9.17) is 16.6 Å². The van der Waals surface area contributed by atoms with Gasteiger partial charge < -0.3 is 4.90 Å². The summed E-state index contributed by atoms with van der Waals surface area (Å²) in [6.45, 7) is 16.1. The van der Waals surface area contributed by atoms with E-state index in [-0.39, 0.29) is 17.9 Å². The third-order valence-corrected chi connectivity index (χ3v) is 8.75. The number of aryl methyl sites for hydroxylation is 2. The van der Waals surface area contributed by atoms with Crippen molar-refractivity contribution in [1.29, 1.82) is 0 Å². The molecule has 9 heteroatoms. The van der Waals surface area contributed by atoms with Gasteiger partial charge >= 0.3 is 0 Å². The van der Waals surface area contributed by atoms with Gasteiger partial charge in [-0.3, -0.25) is 19.3 Å². The predicted molar refractivity (Wildman–Crippen MR) is 146 cm³/mol. The fourth-order valence-corrected chi connectivity index (χ4v) is 6.39. The molecule has 1 atom stereocenters. The summed E-state index contributed by atoms with van der Waals surface area (Å²) in [7, 11) is 0. The van der Waals surface area contributed by atoms with Crippen LogP contribution in [0.15, 0.2) is 29.3 Å². The first-order valence-corrected chi connectivity index (χ1v) is 13.6. The molecule has 0 radical (unpaired) electrons. The fourth-order valence-electron chi connectivity index (χ4n) is 5.05. The number of carbonyl (C=O) groups is 1. The molecule has 1 amide bonds. The van der Waals surface area contributed by atoms with Crippen LogP contribution in [0.2, 0.25) is 5.02 Å². The zero-order chi connectivity index (χ0) is 25.8. The zero-order valence-corrected chi connectivity index (χ0v) is 23.4. The Kier molecular flexibility index (Phi) is 6.55. The number of carbonyl (C=O) groups excluding carboxylic acids is 1. The second-order valence-electron chi connectivity index (χ2n) is 10.6. The number of nitrogens with zero attached hydrogens (tertiary/aromatic N) is 6. The summed E-state index contributed by atoms with van der Waals surface area (Å²) >= 11 is 7.92. The molecular formula is C27H33ClN6OS. The van der Waals surface area contributed by atoms with Crippen molar-refractivity contribution in [2.75, 3.05) is 26.2 Å². The summed E-state index contributed by atoms with van der Waals surface area (Å²) in [5, 5.41) is 10.7. The molecule has 7 nitrogen and oxygen atoms in total. The lowest BCUT2D eigenvalue weighted by atomic mass is 9.99. The molecule has 1 unspecified atom stereocenters. The SMILES string of the molecule is Cc1sc2c(c1C)C(c1ccc(Cl)cc1)=NC(CC(=O)N1CCN(C(C)(C)C)CC1)c1nnc(C)n1-2. The Morgan fingerprint density at radius 2 is 1.72 bits per heavy atom. The smallest absolute Gasteiger partial charge is 0.225 e. The van der Waals surface area contributed by atoms with Crippen LogP contribution >= 0.6 is 22.9 Å². The van der Waals surface area contributed by atoms with Gasteiger partial charge in [-0.1, -0.05) is 23.7 Å². The van der Waals surface area contributed by atoms with Gasteiger partial charge in [0.15, 0.2) is 5.82 Å². The van der Waals surface area contributed by atoms with Crippen LogP contribution in [-0.2, 0) is 4.79 Å². The monoisotopic (exact) mass is 524 g/mol. The Bertz CT molecular complexity index is 1330. The van der Waals surface area contributed by atoms with E-state index in [1.807, 2.05) is 36.1 Å². The number of hydrogen-bond acceptors (Lipinski definition) is 6. The van der Waals surface area contributed by atoms with E-state index in [1.54, 1.807) is 11.3 Å². The molecule has 0 aliphatic carbocycles. The van der Waals surface area contributed by atoms with Gasteiger partial charge in [-0.25, -0.2) is 0 Å². The third-order valence-electron chi connectivity index (χ3n) is 7.31. The topological polar surface area (TPSA) is 66.6 Å². The summed E-state index contributed by atoms with van der Waals surface area (Å²) in [5.74, 6) is 1.63. The standard InChI is InChI=1S/C27H33ClN6OS/c1-16-17(2)36-26-23(16)24(19-7-9-20(28)10-8-19)29-21(25-31-30-18(3)34(25)26)15-22(35)32-11-13-33(14-12-32)27(4,5)6/h7-10,21H,11-15H2,1-6H3. The van der Waals surface area contributed by atoms with Crippen molar-refractivity contribution in [3.05, 3.63) is 62.5 Å². The Morgan fingerprint density at radius 1 is 1.06 bits per heavy atom. The zero-order valence-electron chi connectivity index (χ0n) is 21.8. The second-order valence-corrected chi connectivity index (χ2v) is 12.3. The molecule has 0 bridgehead atoms. The van der Waals surface area contributed by atoms with E-state index in [1.165, 1.54) is 10.4 Å². The molecule has 0 saturated carbocycles. The van der Waals surface area contributed by atoms with Crippen molar-refractivity contribution in [2.45, 2.75) is 59.5 Å². The first-order chi connectivity index (χ1) is 17.0. The van der Waals surface area contributed by atoms with Crippen LogP contribution in [-0.4, -0.2) is 67.9 Å². The van der Waals surface area contributed by atoms with Gasteiger partial charge in [-0.15, -0.1) is 21.5 Å². The summed E-state index contributed by atoms with van der Waals surface area (Å²) in [4.78, 5) is 24.4. The van der Waals surface area contributed by atoms with Gasteiger partial charge in [0.25, 0.3) is 0 Å². The molecule has 2 aliphatic rings. The first-order valence-electron chi connectivity index (χ1n) is 12.4. The summed E-state index contributed by atoms with van der Waals surface area (Å²) in [6, 6.07) is 7.35. The van der Waals surface area contributed by atoms with Gasteiger partial charge in [-0.05, 0) is 59.2 Å². The van der Waals surface area contributed by atoms with Crippen LogP contribution in [0.1, 0.15) is 66.5 Å². The van der Waals surface area contributed by atoms with Gasteiger partial charge in [-0.2, -0.15) is 0 Å². The number of thiophene rings is 1. The highest BCUT2D eigenvalue weighted by Gasteiger charge is 2.34. The van der Waals surface area contributed by atoms with E-state index in [0.717, 1.165) is 59.7 Å². The number of amides is 1. The Balaban J connectivity index is 1.53. The molecule has 3 aromatic rings. The van der Waals surface area contributed by atoms with E-state index in [0.29, 0.717) is 5.02 Å². The van der Waals surface area contributed by atoms with Crippen LogP contribution in [0.25, 0.3) is 5.00 Å². The molecular weight excluding hydrogens is 492 g/mol. The molecule has 36 heavy (non-hydrogen) atoms. The molecule has 2 aromatic heterocycles. The van der Waals surface area contributed by atoms with Crippen molar-refractivity contribution in [2.24, 2.45) is 4.99 Å². The van der Waals surface area contributed by atoms with Crippen molar-refractivity contribution < 1.29 is 4.79 Å². The Morgan fingerprint density at radius 3 is 2.36 bits per heavy atom. The lowest BCUT2D eigenvalue weighted by molar-refractivity contribution is -0.134. The van der Waals surface area contributed by atoms with Gasteiger partial charge in [0, 0.05) is 52.7 Å². The summed E-state index contributed by atoms with van der Waals surface area (Å²) < 4.78 is 2.10. The Labute approximate surface area is 221 Å².